The summed E-state index contributed by atoms with van der Waals surface area (Å²) in [7, 11) is 3.82. The van der Waals surface area contributed by atoms with Crippen LogP contribution in [0.1, 0.15) is 35.8 Å². The largest absolute Gasteiger partial charge is 0.449 e. The van der Waals surface area contributed by atoms with Crippen LogP contribution in [0.3, 0.4) is 0 Å². The number of hydrogen-bond acceptors (Lipinski definition) is 4. The van der Waals surface area contributed by atoms with E-state index in [9.17, 15) is 9.59 Å². The first-order valence-corrected chi connectivity index (χ1v) is 9.18. The van der Waals surface area contributed by atoms with E-state index in [0.717, 1.165) is 11.3 Å². The number of ether oxygens (including phenoxy) is 1. The average molecular weight is 409 g/mol. The van der Waals surface area contributed by atoms with Crippen LogP contribution in [0.25, 0.3) is 0 Å². The highest BCUT2D eigenvalue weighted by Gasteiger charge is 2.21. The number of benzene rings is 2. The number of halogens is 2. The quantitative estimate of drug-likeness (QED) is 0.715. The fourth-order valence-corrected chi connectivity index (χ4v) is 3.01. The summed E-state index contributed by atoms with van der Waals surface area (Å²) in [5, 5.41) is 3.76. The van der Waals surface area contributed by atoms with Crippen molar-refractivity contribution in [3.8, 4) is 0 Å². The molecule has 0 bridgehead atoms. The second-order valence-electron chi connectivity index (χ2n) is 6.38. The lowest BCUT2D eigenvalue weighted by Crippen LogP contribution is -2.37. The van der Waals surface area contributed by atoms with Crippen molar-refractivity contribution in [1.29, 1.82) is 0 Å². The van der Waals surface area contributed by atoms with E-state index in [1.165, 1.54) is 6.92 Å². The van der Waals surface area contributed by atoms with Gasteiger partial charge in [-0.05, 0) is 55.8 Å². The molecule has 2 atom stereocenters. The van der Waals surface area contributed by atoms with Crippen LogP contribution in [0.5, 0.6) is 0 Å². The third-order valence-corrected chi connectivity index (χ3v) is 4.62. The fourth-order valence-electron chi connectivity index (χ4n) is 2.44. The van der Waals surface area contributed by atoms with Crippen LogP contribution in [0.2, 0.25) is 10.0 Å². The summed E-state index contributed by atoms with van der Waals surface area (Å²) in [6.45, 7) is 3.32. The number of anilines is 1. The van der Waals surface area contributed by atoms with Gasteiger partial charge in [0.25, 0.3) is 5.91 Å². The van der Waals surface area contributed by atoms with Crippen LogP contribution in [-0.2, 0) is 9.53 Å². The van der Waals surface area contributed by atoms with Crippen LogP contribution in [0.15, 0.2) is 42.5 Å². The monoisotopic (exact) mass is 408 g/mol. The van der Waals surface area contributed by atoms with Gasteiger partial charge in [0.15, 0.2) is 6.10 Å². The summed E-state index contributed by atoms with van der Waals surface area (Å²) in [6, 6.07) is 11.7. The van der Waals surface area contributed by atoms with E-state index < -0.39 is 18.0 Å². The van der Waals surface area contributed by atoms with Crippen LogP contribution < -0.4 is 10.2 Å². The number of carbonyl (C=O) groups excluding carboxylic acids is 2. The molecule has 1 N–H and O–H groups in total. The maximum atomic E-state index is 12.4. The van der Waals surface area contributed by atoms with Crippen molar-refractivity contribution in [3.05, 3.63) is 63.6 Å². The Morgan fingerprint density at radius 3 is 2.22 bits per heavy atom. The van der Waals surface area contributed by atoms with E-state index in [2.05, 4.69) is 5.32 Å². The lowest BCUT2D eigenvalue weighted by molar-refractivity contribution is -0.129. The molecule has 2 aromatic carbocycles. The smallest absolute Gasteiger partial charge is 0.338 e. The van der Waals surface area contributed by atoms with E-state index in [1.807, 2.05) is 31.1 Å². The lowest BCUT2D eigenvalue weighted by atomic mass is 10.1. The fraction of sp³-hybridized carbons (Fsp3) is 0.300. The molecule has 27 heavy (non-hydrogen) atoms. The normalized spacial score (nSPS) is 12.8. The van der Waals surface area contributed by atoms with E-state index in [-0.39, 0.29) is 6.04 Å². The summed E-state index contributed by atoms with van der Waals surface area (Å²) in [4.78, 5) is 26.5. The molecule has 2 rings (SSSR count). The maximum Gasteiger partial charge on any atom is 0.338 e. The van der Waals surface area contributed by atoms with E-state index >= 15 is 0 Å². The zero-order valence-electron chi connectivity index (χ0n) is 15.6. The summed E-state index contributed by atoms with van der Waals surface area (Å²) >= 11 is 12.1. The van der Waals surface area contributed by atoms with Gasteiger partial charge >= 0.3 is 5.97 Å². The molecule has 0 aromatic heterocycles. The van der Waals surface area contributed by atoms with Gasteiger partial charge in [0, 0.05) is 29.8 Å². The Morgan fingerprint density at radius 1 is 1.04 bits per heavy atom. The Hall–Kier alpha value is -2.24. The highest BCUT2D eigenvalue weighted by molar-refractivity contribution is 6.35. The molecule has 5 nitrogen and oxygen atoms in total. The van der Waals surface area contributed by atoms with Crippen molar-refractivity contribution < 1.29 is 14.3 Å². The number of esters is 1. The lowest BCUT2D eigenvalue weighted by Gasteiger charge is -2.19. The Kier molecular flexibility index (Phi) is 7.11. The molecule has 0 radical (unpaired) electrons. The molecule has 0 unspecified atom stereocenters. The standard InChI is InChI=1S/C20H22Cl2N2O3/c1-12(17-10-7-15(21)11-18(17)22)23-19(25)13(2)27-20(26)14-5-8-16(9-6-14)24(3)4/h5-13H,1-4H3,(H,23,25)/t12-,13-/m0/s1. The Bertz CT molecular complexity index is 822. The van der Waals surface area contributed by atoms with Crippen molar-refractivity contribution in [2.75, 3.05) is 19.0 Å². The Balaban J connectivity index is 1.97. The number of carbonyl (C=O) groups is 2. The topological polar surface area (TPSA) is 58.6 Å². The number of hydrogen-bond donors (Lipinski definition) is 1. The minimum Gasteiger partial charge on any atom is -0.449 e. The average Bonchev–Trinajstić information content (AvgIpc) is 2.61. The van der Waals surface area contributed by atoms with Gasteiger partial charge < -0.3 is 15.0 Å². The van der Waals surface area contributed by atoms with Gasteiger partial charge in [-0.2, -0.15) is 0 Å². The molecule has 0 heterocycles. The Labute approximate surface area is 169 Å². The molecule has 144 valence electrons. The first kappa shape index (κ1) is 21.1. The molecule has 0 fully saturated rings. The van der Waals surface area contributed by atoms with Gasteiger partial charge in [-0.3, -0.25) is 4.79 Å². The predicted octanol–water partition coefficient (Wildman–Crippen LogP) is 4.48. The highest BCUT2D eigenvalue weighted by atomic mass is 35.5. The van der Waals surface area contributed by atoms with Crippen molar-refractivity contribution >= 4 is 40.8 Å². The van der Waals surface area contributed by atoms with E-state index in [1.54, 1.807) is 37.3 Å². The minimum absolute atomic E-state index is 0.359. The third-order valence-electron chi connectivity index (χ3n) is 4.06. The molecular weight excluding hydrogens is 387 g/mol. The van der Waals surface area contributed by atoms with Crippen molar-refractivity contribution in [1.82, 2.24) is 5.32 Å². The molecule has 0 aliphatic heterocycles. The van der Waals surface area contributed by atoms with Crippen LogP contribution in [-0.4, -0.2) is 32.1 Å². The van der Waals surface area contributed by atoms with Gasteiger partial charge in [-0.15, -0.1) is 0 Å². The van der Waals surface area contributed by atoms with Crippen molar-refractivity contribution in [2.45, 2.75) is 26.0 Å². The summed E-state index contributed by atoms with van der Waals surface area (Å²) in [6.07, 6.45) is -0.945. The predicted molar refractivity (Wildman–Crippen MR) is 109 cm³/mol. The number of nitrogens with one attached hydrogen (secondary N) is 1. The first-order chi connectivity index (χ1) is 12.7. The van der Waals surface area contributed by atoms with Crippen LogP contribution >= 0.6 is 23.2 Å². The molecule has 0 saturated carbocycles. The summed E-state index contributed by atoms with van der Waals surface area (Å²) in [5.74, 6) is -0.966. The number of amides is 1. The van der Waals surface area contributed by atoms with Gasteiger partial charge in [-0.1, -0.05) is 29.3 Å². The molecule has 7 heteroatoms. The SMILES string of the molecule is C[C@H](OC(=O)c1ccc(N(C)C)cc1)C(=O)N[C@@H](C)c1ccc(Cl)cc1Cl. The highest BCUT2D eigenvalue weighted by Crippen LogP contribution is 2.26. The Morgan fingerprint density at radius 2 is 1.67 bits per heavy atom. The van der Waals surface area contributed by atoms with Gasteiger partial charge in [0.05, 0.1) is 11.6 Å². The van der Waals surface area contributed by atoms with Crippen molar-refractivity contribution in [2.24, 2.45) is 0 Å². The summed E-state index contributed by atoms with van der Waals surface area (Å²) in [5.41, 5.74) is 2.08. The maximum absolute atomic E-state index is 12.4. The van der Waals surface area contributed by atoms with E-state index in [0.29, 0.717) is 15.6 Å². The van der Waals surface area contributed by atoms with Gasteiger partial charge in [0.1, 0.15) is 0 Å². The molecular formula is C20H22Cl2N2O3. The molecule has 0 spiro atoms. The molecule has 0 aliphatic rings. The minimum atomic E-state index is -0.945. The first-order valence-electron chi connectivity index (χ1n) is 8.42. The zero-order chi connectivity index (χ0) is 20.1. The number of nitrogens with zero attached hydrogens (tertiary/aromatic N) is 1. The van der Waals surface area contributed by atoms with Crippen LogP contribution in [0, 0.1) is 0 Å². The molecule has 0 saturated heterocycles. The van der Waals surface area contributed by atoms with Gasteiger partial charge in [0.2, 0.25) is 0 Å². The molecule has 2 aromatic rings. The third kappa shape index (κ3) is 5.62. The number of rotatable bonds is 6. The molecule has 0 aliphatic carbocycles. The second kappa shape index (κ2) is 9.11. The molecule has 1 amide bonds. The van der Waals surface area contributed by atoms with Gasteiger partial charge in [-0.25, -0.2) is 4.79 Å². The second-order valence-corrected chi connectivity index (χ2v) is 7.23. The van der Waals surface area contributed by atoms with Crippen LogP contribution in [0.4, 0.5) is 5.69 Å². The zero-order valence-corrected chi connectivity index (χ0v) is 17.1. The van der Waals surface area contributed by atoms with E-state index in [4.69, 9.17) is 27.9 Å². The summed E-state index contributed by atoms with van der Waals surface area (Å²) < 4.78 is 5.27. The van der Waals surface area contributed by atoms with Crippen molar-refractivity contribution in [3.63, 3.8) is 0 Å².